The first-order valence-electron chi connectivity index (χ1n) is 8.76. The fourth-order valence-corrected chi connectivity index (χ4v) is 2.52. The van der Waals surface area contributed by atoms with Crippen LogP contribution in [0.3, 0.4) is 0 Å². The van der Waals surface area contributed by atoms with Crippen molar-refractivity contribution in [1.82, 2.24) is 16.0 Å². The van der Waals surface area contributed by atoms with Gasteiger partial charge in [0.1, 0.15) is 11.3 Å². The predicted molar refractivity (Wildman–Crippen MR) is 102 cm³/mol. The number of nitrogens with zero attached hydrogens (tertiary/aromatic N) is 1. The van der Waals surface area contributed by atoms with Crippen molar-refractivity contribution in [3.05, 3.63) is 35.6 Å². The summed E-state index contributed by atoms with van der Waals surface area (Å²) in [5.74, 6) is 1.58. The third-order valence-electron chi connectivity index (χ3n) is 4.25. The Balaban J connectivity index is 1.82. The number of aliphatic imine (C=N–C) groups is 1. The SMILES string of the molecule is CCC(C)NC(=O)CCNC(=NC)NCc1oc2ccccc2c1C. The Morgan fingerprint density at radius 2 is 2.04 bits per heavy atom. The van der Waals surface area contributed by atoms with Crippen LogP contribution in [0.1, 0.15) is 38.0 Å². The van der Waals surface area contributed by atoms with E-state index in [0.717, 1.165) is 28.7 Å². The highest BCUT2D eigenvalue weighted by Crippen LogP contribution is 2.24. The van der Waals surface area contributed by atoms with Gasteiger partial charge in [-0.15, -0.1) is 0 Å². The van der Waals surface area contributed by atoms with Crippen LogP contribution < -0.4 is 16.0 Å². The first-order chi connectivity index (χ1) is 12.0. The summed E-state index contributed by atoms with van der Waals surface area (Å²) in [4.78, 5) is 16.0. The number of fused-ring (bicyclic) bond motifs is 1. The van der Waals surface area contributed by atoms with E-state index in [2.05, 4.69) is 40.9 Å². The van der Waals surface area contributed by atoms with E-state index in [1.807, 2.05) is 25.1 Å². The molecule has 1 heterocycles. The summed E-state index contributed by atoms with van der Waals surface area (Å²) in [6, 6.07) is 8.21. The van der Waals surface area contributed by atoms with Gasteiger partial charge in [-0.25, -0.2) is 0 Å². The van der Waals surface area contributed by atoms with Gasteiger partial charge in [0.05, 0.1) is 6.54 Å². The molecule has 2 aromatic rings. The minimum atomic E-state index is 0.0467. The number of carbonyl (C=O) groups is 1. The number of carbonyl (C=O) groups excluding carboxylic acids is 1. The molecule has 2 rings (SSSR count). The second kappa shape index (κ2) is 9.11. The fraction of sp³-hybridized carbons (Fsp3) is 0.474. The van der Waals surface area contributed by atoms with Gasteiger partial charge in [-0.05, 0) is 26.3 Å². The highest BCUT2D eigenvalue weighted by atomic mass is 16.3. The second-order valence-electron chi connectivity index (χ2n) is 6.13. The molecule has 0 fully saturated rings. The summed E-state index contributed by atoms with van der Waals surface area (Å²) < 4.78 is 5.88. The number of aryl methyl sites for hydroxylation is 1. The number of nitrogens with one attached hydrogen (secondary N) is 3. The molecule has 0 aliphatic rings. The molecule has 0 radical (unpaired) electrons. The monoisotopic (exact) mass is 344 g/mol. The van der Waals surface area contributed by atoms with Gasteiger partial charge in [0.15, 0.2) is 5.96 Å². The van der Waals surface area contributed by atoms with E-state index in [9.17, 15) is 4.79 Å². The zero-order valence-electron chi connectivity index (χ0n) is 15.5. The van der Waals surface area contributed by atoms with Crippen LogP contribution in [-0.2, 0) is 11.3 Å². The Morgan fingerprint density at radius 1 is 1.28 bits per heavy atom. The van der Waals surface area contributed by atoms with E-state index >= 15 is 0 Å². The lowest BCUT2D eigenvalue weighted by Crippen LogP contribution is -2.40. The van der Waals surface area contributed by atoms with Crippen molar-refractivity contribution in [3.63, 3.8) is 0 Å². The summed E-state index contributed by atoms with van der Waals surface area (Å²) >= 11 is 0. The molecule has 0 saturated carbocycles. The standard InChI is InChI=1S/C19H28N4O2/c1-5-13(2)23-18(24)10-11-21-19(20-4)22-12-17-14(3)15-8-6-7-9-16(15)25-17/h6-9,13H,5,10-12H2,1-4H3,(H,23,24)(H2,20,21,22). The Hall–Kier alpha value is -2.50. The summed E-state index contributed by atoms with van der Waals surface area (Å²) in [5.41, 5.74) is 2.02. The molecular weight excluding hydrogens is 316 g/mol. The molecule has 6 heteroatoms. The maximum atomic E-state index is 11.8. The van der Waals surface area contributed by atoms with Crippen LogP contribution in [0.4, 0.5) is 0 Å². The lowest BCUT2D eigenvalue weighted by atomic mass is 10.1. The van der Waals surface area contributed by atoms with Crippen LogP contribution >= 0.6 is 0 Å². The molecule has 1 amide bonds. The molecule has 6 nitrogen and oxygen atoms in total. The van der Waals surface area contributed by atoms with Crippen molar-refractivity contribution in [2.24, 2.45) is 4.99 Å². The second-order valence-corrected chi connectivity index (χ2v) is 6.13. The molecule has 1 aromatic heterocycles. The van der Waals surface area contributed by atoms with Crippen molar-refractivity contribution in [3.8, 4) is 0 Å². The third-order valence-corrected chi connectivity index (χ3v) is 4.25. The summed E-state index contributed by atoms with van der Waals surface area (Å²) in [6.07, 6.45) is 1.34. The first kappa shape index (κ1) is 18.8. The Kier molecular flexibility index (Phi) is 6.86. The number of amides is 1. The van der Waals surface area contributed by atoms with Gasteiger partial charge < -0.3 is 20.4 Å². The van der Waals surface area contributed by atoms with Crippen LogP contribution in [0.2, 0.25) is 0 Å². The fourth-order valence-electron chi connectivity index (χ4n) is 2.52. The molecule has 1 aromatic carbocycles. The molecule has 0 bridgehead atoms. The average molecular weight is 344 g/mol. The molecule has 136 valence electrons. The lowest BCUT2D eigenvalue weighted by molar-refractivity contribution is -0.121. The number of hydrogen-bond donors (Lipinski definition) is 3. The maximum Gasteiger partial charge on any atom is 0.221 e. The Bertz CT molecular complexity index is 736. The molecule has 25 heavy (non-hydrogen) atoms. The van der Waals surface area contributed by atoms with Gasteiger partial charge in [-0.1, -0.05) is 25.1 Å². The number of rotatable bonds is 7. The van der Waals surface area contributed by atoms with E-state index in [1.54, 1.807) is 7.05 Å². The van der Waals surface area contributed by atoms with E-state index in [0.29, 0.717) is 25.5 Å². The van der Waals surface area contributed by atoms with Gasteiger partial charge in [0.2, 0.25) is 5.91 Å². The smallest absolute Gasteiger partial charge is 0.221 e. The summed E-state index contributed by atoms with van der Waals surface area (Å²) in [6.45, 7) is 7.18. The highest BCUT2D eigenvalue weighted by Gasteiger charge is 2.10. The lowest BCUT2D eigenvalue weighted by Gasteiger charge is -2.13. The number of benzene rings is 1. The van der Waals surface area contributed by atoms with Crippen molar-refractivity contribution in [1.29, 1.82) is 0 Å². The minimum Gasteiger partial charge on any atom is -0.459 e. The predicted octanol–water partition coefficient (Wildman–Crippen LogP) is 2.71. The Morgan fingerprint density at radius 3 is 2.72 bits per heavy atom. The quantitative estimate of drug-likeness (QED) is 0.533. The molecule has 0 spiro atoms. The number of para-hydroxylation sites is 1. The number of hydrogen-bond acceptors (Lipinski definition) is 3. The van der Waals surface area contributed by atoms with Crippen LogP contribution in [0.5, 0.6) is 0 Å². The average Bonchev–Trinajstić information content (AvgIpc) is 2.94. The van der Waals surface area contributed by atoms with Crippen LogP contribution in [0.25, 0.3) is 11.0 Å². The molecule has 1 atom stereocenters. The first-order valence-corrected chi connectivity index (χ1v) is 8.76. The maximum absolute atomic E-state index is 11.8. The third kappa shape index (κ3) is 5.24. The van der Waals surface area contributed by atoms with Gasteiger partial charge in [0, 0.05) is 37.0 Å². The van der Waals surface area contributed by atoms with Gasteiger partial charge >= 0.3 is 0 Å². The number of furan rings is 1. The summed E-state index contributed by atoms with van der Waals surface area (Å²) in [5, 5.41) is 10.5. The van der Waals surface area contributed by atoms with Crippen LogP contribution in [0, 0.1) is 6.92 Å². The Labute approximate surface area is 149 Å². The normalized spacial score (nSPS) is 12.9. The van der Waals surface area contributed by atoms with E-state index in [4.69, 9.17) is 4.42 Å². The van der Waals surface area contributed by atoms with Gasteiger partial charge in [0.25, 0.3) is 0 Å². The molecule has 0 aliphatic carbocycles. The molecule has 1 unspecified atom stereocenters. The highest BCUT2D eigenvalue weighted by molar-refractivity contribution is 5.83. The molecule has 3 N–H and O–H groups in total. The number of guanidine groups is 1. The van der Waals surface area contributed by atoms with E-state index < -0.39 is 0 Å². The van der Waals surface area contributed by atoms with Crippen molar-refractivity contribution >= 4 is 22.8 Å². The summed E-state index contributed by atoms with van der Waals surface area (Å²) in [7, 11) is 1.71. The van der Waals surface area contributed by atoms with Crippen molar-refractivity contribution in [2.75, 3.05) is 13.6 Å². The molecule has 0 aliphatic heterocycles. The minimum absolute atomic E-state index is 0.0467. The largest absolute Gasteiger partial charge is 0.459 e. The van der Waals surface area contributed by atoms with Crippen molar-refractivity contribution in [2.45, 2.75) is 46.2 Å². The zero-order chi connectivity index (χ0) is 18.2. The van der Waals surface area contributed by atoms with Crippen LogP contribution in [-0.4, -0.2) is 31.5 Å². The van der Waals surface area contributed by atoms with Gasteiger partial charge in [-0.2, -0.15) is 0 Å². The zero-order valence-corrected chi connectivity index (χ0v) is 15.5. The van der Waals surface area contributed by atoms with Crippen molar-refractivity contribution < 1.29 is 9.21 Å². The van der Waals surface area contributed by atoms with Crippen LogP contribution in [0.15, 0.2) is 33.7 Å². The van der Waals surface area contributed by atoms with E-state index in [1.165, 1.54) is 0 Å². The topological polar surface area (TPSA) is 78.7 Å². The molecular formula is C19H28N4O2. The molecule has 0 saturated heterocycles. The van der Waals surface area contributed by atoms with Gasteiger partial charge in [-0.3, -0.25) is 9.79 Å². The van der Waals surface area contributed by atoms with E-state index in [-0.39, 0.29) is 11.9 Å².